The van der Waals surface area contributed by atoms with Crippen molar-refractivity contribution in [3.8, 4) is 0 Å². The van der Waals surface area contributed by atoms with Gasteiger partial charge in [0.15, 0.2) is 0 Å². The topological polar surface area (TPSA) is 83.6 Å². The lowest BCUT2D eigenvalue weighted by atomic mass is 9.93. The SMILES string of the molecule is NC(=O)c1ccccc1CN1CCC(CC(=O)O)CC1. The van der Waals surface area contributed by atoms with Crippen LogP contribution in [0.25, 0.3) is 0 Å². The first kappa shape index (κ1) is 14.5. The number of piperidine rings is 1. The molecule has 0 aliphatic carbocycles. The number of carboxylic acids is 1. The summed E-state index contributed by atoms with van der Waals surface area (Å²) in [5.41, 5.74) is 6.88. The van der Waals surface area contributed by atoms with Gasteiger partial charge in [-0.05, 0) is 43.5 Å². The summed E-state index contributed by atoms with van der Waals surface area (Å²) < 4.78 is 0. The zero-order chi connectivity index (χ0) is 14.5. The molecule has 0 unspecified atom stereocenters. The van der Waals surface area contributed by atoms with E-state index < -0.39 is 11.9 Å². The molecule has 0 aromatic heterocycles. The number of likely N-dealkylation sites (tertiary alicyclic amines) is 1. The highest BCUT2D eigenvalue weighted by Crippen LogP contribution is 2.22. The summed E-state index contributed by atoms with van der Waals surface area (Å²) in [7, 11) is 0. The van der Waals surface area contributed by atoms with Crippen LogP contribution in [0.4, 0.5) is 0 Å². The second-order valence-corrected chi connectivity index (χ2v) is 5.34. The van der Waals surface area contributed by atoms with Crippen LogP contribution < -0.4 is 5.73 Å². The van der Waals surface area contributed by atoms with E-state index in [1.807, 2.05) is 18.2 Å². The number of amides is 1. The molecule has 3 N–H and O–H groups in total. The Morgan fingerprint density at radius 3 is 2.50 bits per heavy atom. The van der Waals surface area contributed by atoms with Gasteiger partial charge in [-0.25, -0.2) is 0 Å². The average molecular weight is 276 g/mol. The number of benzene rings is 1. The lowest BCUT2D eigenvalue weighted by molar-refractivity contribution is -0.138. The predicted molar refractivity (Wildman–Crippen MR) is 75.2 cm³/mol. The van der Waals surface area contributed by atoms with E-state index in [4.69, 9.17) is 10.8 Å². The van der Waals surface area contributed by atoms with Crippen molar-refractivity contribution in [1.82, 2.24) is 4.90 Å². The minimum atomic E-state index is -0.720. The molecular weight excluding hydrogens is 256 g/mol. The van der Waals surface area contributed by atoms with Gasteiger partial charge in [0.1, 0.15) is 0 Å². The van der Waals surface area contributed by atoms with Gasteiger partial charge in [-0.3, -0.25) is 14.5 Å². The monoisotopic (exact) mass is 276 g/mol. The molecule has 108 valence electrons. The summed E-state index contributed by atoms with van der Waals surface area (Å²) in [5.74, 6) is -0.848. The molecule has 1 saturated heterocycles. The Balaban J connectivity index is 1.93. The van der Waals surface area contributed by atoms with Crippen molar-refractivity contribution in [1.29, 1.82) is 0 Å². The molecule has 1 aromatic rings. The van der Waals surface area contributed by atoms with Crippen LogP contribution >= 0.6 is 0 Å². The van der Waals surface area contributed by atoms with Crippen LogP contribution in [0.5, 0.6) is 0 Å². The number of carboxylic acid groups (broad SMARTS) is 1. The van der Waals surface area contributed by atoms with Gasteiger partial charge in [0.2, 0.25) is 5.91 Å². The van der Waals surface area contributed by atoms with Crippen LogP contribution in [0, 0.1) is 5.92 Å². The van der Waals surface area contributed by atoms with Gasteiger partial charge in [-0.2, -0.15) is 0 Å². The van der Waals surface area contributed by atoms with E-state index in [0.717, 1.165) is 31.5 Å². The molecule has 0 radical (unpaired) electrons. The van der Waals surface area contributed by atoms with Crippen LogP contribution in [0.1, 0.15) is 35.2 Å². The molecule has 5 heteroatoms. The Kier molecular flexibility index (Phi) is 4.74. The van der Waals surface area contributed by atoms with Crippen molar-refractivity contribution in [3.05, 3.63) is 35.4 Å². The third-order valence-electron chi connectivity index (χ3n) is 3.85. The number of primary amides is 1. The largest absolute Gasteiger partial charge is 0.481 e. The molecule has 1 aromatic carbocycles. The third kappa shape index (κ3) is 3.81. The van der Waals surface area contributed by atoms with Crippen LogP contribution in [0.2, 0.25) is 0 Å². The molecule has 0 atom stereocenters. The van der Waals surface area contributed by atoms with Gasteiger partial charge >= 0.3 is 5.97 Å². The quantitative estimate of drug-likeness (QED) is 0.853. The lowest BCUT2D eigenvalue weighted by Gasteiger charge is -2.31. The molecule has 0 spiro atoms. The van der Waals surface area contributed by atoms with Crippen molar-refractivity contribution in [2.45, 2.75) is 25.8 Å². The van der Waals surface area contributed by atoms with Crippen molar-refractivity contribution in [2.75, 3.05) is 13.1 Å². The second kappa shape index (κ2) is 6.52. The van der Waals surface area contributed by atoms with Crippen molar-refractivity contribution in [2.24, 2.45) is 11.7 Å². The second-order valence-electron chi connectivity index (χ2n) is 5.34. The number of rotatable bonds is 5. The highest BCUT2D eigenvalue weighted by Gasteiger charge is 2.22. The van der Waals surface area contributed by atoms with Gasteiger partial charge in [-0.15, -0.1) is 0 Å². The molecule has 1 aliphatic heterocycles. The third-order valence-corrected chi connectivity index (χ3v) is 3.85. The van der Waals surface area contributed by atoms with E-state index >= 15 is 0 Å². The molecule has 20 heavy (non-hydrogen) atoms. The molecule has 1 aliphatic rings. The Morgan fingerprint density at radius 1 is 1.25 bits per heavy atom. The van der Waals surface area contributed by atoms with Crippen molar-refractivity contribution in [3.63, 3.8) is 0 Å². The zero-order valence-corrected chi connectivity index (χ0v) is 11.4. The number of nitrogens with zero attached hydrogens (tertiary/aromatic N) is 1. The predicted octanol–water partition coefficient (Wildman–Crippen LogP) is 1.47. The van der Waals surface area contributed by atoms with Crippen molar-refractivity contribution >= 4 is 11.9 Å². The van der Waals surface area contributed by atoms with E-state index in [9.17, 15) is 9.59 Å². The highest BCUT2D eigenvalue weighted by molar-refractivity contribution is 5.94. The highest BCUT2D eigenvalue weighted by atomic mass is 16.4. The number of hydrogen-bond donors (Lipinski definition) is 2. The maximum Gasteiger partial charge on any atom is 0.303 e. The standard InChI is InChI=1S/C15H20N2O3/c16-15(20)13-4-2-1-3-12(13)10-17-7-5-11(6-8-17)9-14(18)19/h1-4,11H,5-10H2,(H2,16,20)(H,18,19). The van der Waals surface area contributed by atoms with Crippen LogP contribution in [0.3, 0.4) is 0 Å². The first-order valence-electron chi connectivity index (χ1n) is 6.88. The Bertz CT molecular complexity index is 494. The molecule has 1 fully saturated rings. The molecule has 0 saturated carbocycles. The molecule has 1 heterocycles. The summed E-state index contributed by atoms with van der Waals surface area (Å²) in [6, 6.07) is 7.37. The molecule has 1 amide bonds. The lowest BCUT2D eigenvalue weighted by Crippen LogP contribution is -2.34. The van der Waals surface area contributed by atoms with E-state index in [0.29, 0.717) is 12.1 Å². The van der Waals surface area contributed by atoms with E-state index in [2.05, 4.69) is 4.90 Å². The molecule has 2 rings (SSSR count). The normalized spacial score (nSPS) is 17.0. The number of hydrogen-bond acceptors (Lipinski definition) is 3. The fourth-order valence-corrected chi connectivity index (χ4v) is 2.74. The van der Waals surface area contributed by atoms with Crippen LogP contribution in [-0.4, -0.2) is 35.0 Å². The summed E-state index contributed by atoms with van der Waals surface area (Å²) in [4.78, 5) is 24.3. The smallest absolute Gasteiger partial charge is 0.303 e. The number of carbonyl (C=O) groups excluding carboxylic acids is 1. The summed E-state index contributed by atoms with van der Waals surface area (Å²) in [6.45, 7) is 2.43. The van der Waals surface area contributed by atoms with Gasteiger partial charge < -0.3 is 10.8 Å². The Morgan fingerprint density at radius 2 is 1.90 bits per heavy atom. The fraction of sp³-hybridized carbons (Fsp3) is 0.467. The van der Waals surface area contributed by atoms with E-state index in [1.165, 1.54) is 0 Å². The number of aliphatic carboxylic acids is 1. The van der Waals surface area contributed by atoms with Crippen LogP contribution in [0.15, 0.2) is 24.3 Å². The zero-order valence-electron chi connectivity index (χ0n) is 11.4. The maximum absolute atomic E-state index is 11.4. The molecule has 5 nitrogen and oxygen atoms in total. The maximum atomic E-state index is 11.4. The summed E-state index contributed by atoms with van der Waals surface area (Å²) in [6.07, 6.45) is 2.04. The average Bonchev–Trinajstić information content (AvgIpc) is 2.41. The van der Waals surface area contributed by atoms with E-state index in [1.54, 1.807) is 6.07 Å². The van der Waals surface area contributed by atoms with Crippen LogP contribution in [-0.2, 0) is 11.3 Å². The minimum Gasteiger partial charge on any atom is -0.481 e. The van der Waals surface area contributed by atoms with Crippen molar-refractivity contribution < 1.29 is 14.7 Å². The number of carbonyl (C=O) groups is 2. The van der Waals surface area contributed by atoms with E-state index in [-0.39, 0.29) is 12.3 Å². The summed E-state index contributed by atoms with van der Waals surface area (Å²) in [5, 5.41) is 8.80. The van der Waals surface area contributed by atoms with Gasteiger partial charge in [0.05, 0.1) is 0 Å². The molecule has 0 bridgehead atoms. The molecular formula is C15H20N2O3. The first-order valence-corrected chi connectivity index (χ1v) is 6.88. The fourth-order valence-electron chi connectivity index (χ4n) is 2.74. The summed E-state index contributed by atoms with van der Waals surface area (Å²) >= 11 is 0. The minimum absolute atomic E-state index is 0.256. The first-order chi connectivity index (χ1) is 9.56. The number of nitrogens with two attached hydrogens (primary N) is 1. The van der Waals surface area contributed by atoms with Gasteiger partial charge in [0, 0.05) is 18.5 Å². The Labute approximate surface area is 118 Å². The van der Waals surface area contributed by atoms with Gasteiger partial charge in [-0.1, -0.05) is 18.2 Å². The Hall–Kier alpha value is -1.88. The van der Waals surface area contributed by atoms with Gasteiger partial charge in [0.25, 0.3) is 0 Å².